The lowest BCUT2D eigenvalue weighted by Gasteiger charge is -2.23. The van der Waals surface area contributed by atoms with Crippen molar-refractivity contribution in [3.05, 3.63) is 59.2 Å². The van der Waals surface area contributed by atoms with Crippen molar-refractivity contribution in [2.24, 2.45) is 0 Å². The summed E-state index contributed by atoms with van der Waals surface area (Å²) in [5, 5.41) is 2.95. The van der Waals surface area contributed by atoms with E-state index in [-0.39, 0.29) is 24.9 Å². The Morgan fingerprint density at radius 1 is 1.14 bits per heavy atom. The summed E-state index contributed by atoms with van der Waals surface area (Å²) >= 11 is 0. The van der Waals surface area contributed by atoms with E-state index >= 15 is 0 Å². The third-order valence-corrected chi connectivity index (χ3v) is 6.12. The number of nitrogens with zero attached hydrogens (tertiary/aromatic N) is 1. The molecule has 158 valence electrons. The Bertz CT molecular complexity index is 957. The number of ether oxygens (including phenoxy) is 1. The van der Waals surface area contributed by atoms with Crippen molar-refractivity contribution < 1.29 is 17.9 Å². The van der Waals surface area contributed by atoms with Crippen LogP contribution in [0.25, 0.3) is 0 Å². The first-order valence-electron chi connectivity index (χ1n) is 9.60. The molecule has 0 aromatic heterocycles. The first-order valence-corrected chi connectivity index (χ1v) is 11.5. The summed E-state index contributed by atoms with van der Waals surface area (Å²) in [5.74, 6) is 0.593. The first-order chi connectivity index (χ1) is 13.6. The van der Waals surface area contributed by atoms with Crippen LogP contribution in [0.15, 0.2) is 42.5 Å². The molecule has 7 heteroatoms. The second kappa shape index (κ2) is 9.78. The molecule has 2 rings (SSSR count). The number of rotatable bonds is 9. The molecule has 0 aliphatic carbocycles. The van der Waals surface area contributed by atoms with Crippen LogP contribution in [0, 0.1) is 13.8 Å². The molecule has 0 radical (unpaired) electrons. The average Bonchev–Trinajstić information content (AvgIpc) is 2.66. The number of methoxy groups -OCH3 is 1. The molecule has 0 saturated carbocycles. The highest BCUT2D eigenvalue weighted by atomic mass is 32.2. The molecule has 0 saturated heterocycles. The van der Waals surface area contributed by atoms with Gasteiger partial charge in [0.05, 0.1) is 25.1 Å². The van der Waals surface area contributed by atoms with E-state index in [0.717, 1.165) is 22.4 Å². The summed E-state index contributed by atoms with van der Waals surface area (Å²) in [6.07, 6.45) is 1.84. The molecule has 0 heterocycles. The Hall–Kier alpha value is -2.54. The molecule has 1 amide bonds. The zero-order chi connectivity index (χ0) is 21.6. The summed E-state index contributed by atoms with van der Waals surface area (Å²) in [6, 6.07) is 12.9. The minimum atomic E-state index is -3.44. The van der Waals surface area contributed by atoms with E-state index < -0.39 is 10.0 Å². The van der Waals surface area contributed by atoms with Crippen LogP contribution in [-0.4, -0.2) is 34.2 Å². The number of sulfonamides is 1. The van der Waals surface area contributed by atoms with Crippen LogP contribution in [0.1, 0.15) is 42.5 Å². The summed E-state index contributed by atoms with van der Waals surface area (Å²) in [4.78, 5) is 12.4. The van der Waals surface area contributed by atoms with Crippen molar-refractivity contribution in [2.75, 3.05) is 24.2 Å². The van der Waals surface area contributed by atoms with Gasteiger partial charge in [-0.15, -0.1) is 0 Å². The van der Waals surface area contributed by atoms with Gasteiger partial charge in [0.25, 0.3) is 0 Å². The maximum Gasteiger partial charge on any atom is 0.232 e. The van der Waals surface area contributed by atoms with Gasteiger partial charge in [-0.1, -0.05) is 24.3 Å². The van der Waals surface area contributed by atoms with Gasteiger partial charge in [-0.05, 0) is 56.5 Å². The number of nitrogens with one attached hydrogen (secondary N) is 1. The number of hydrogen-bond acceptors (Lipinski definition) is 4. The quantitative estimate of drug-likeness (QED) is 0.673. The fourth-order valence-corrected chi connectivity index (χ4v) is 4.12. The lowest BCUT2D eigenvalue weighted by Crippen LogP contribution is -2.32. The first kappa shape index (κ1) is 22.7. The number of carbonyl (C=O) groups excluding carboxylic acids is 1. The Balaban J connectivity index is 1.98. The van der Waals surface area contributed by atoms with Crippen molar-refractivity contribution in [1.82, 2.24) is 5.32 Å². The highest BCUT2D eigenvalue weighted by Crippen LogP contribution is 2.25. The fraction of sp³-hybridized carbons (Fsp3) is 0.409. The molecule has 6 nitrogen and oxygen atoms in total. The van der Waals surface area contributed by atoms with Gasteiger partial charge < -0.3 is 10.1 Å². The molecular formula is C22H30N2O4S. The molecule has 1 atom stereocenters. The van der Waals surface area contributed by atoms with Crippen LogP contribution in [0.4, 0.5) is 5.69 Å². The van der Waals surface area contributed by atoms with Crippen LogP contribution in [0.5, 0.6) is 5.75 Å². The van der Waals surface area contributed by atoms with E-state index in [2.05, 4.69) is 5.32 Å². The summed E-state index contributed by atoms with van der Waals surface area (Å²) in [7, 11) is -1.84. The van der Waals surface area contributed by atoms with Crippen molar-refractivity contribution in [3.8, 4) is 5.75 Å². The standard InChI is InChI=1S/C22H30N2O4S/c1-16-12-13-19(15-17(16)2)24(29(5,26)27)14-8-11-22(25)23-18(3)20-9-6-7-10-21(20)28-4/h6-7,9-10,12-13,15,18H,8,11,14H2,1-5H3,(H,23,25). The van der Waals surface area contributed by atoms with Gasteiger partial charge in [-0.2, -0.15) is 0 Å². The third kappa shape index (κ3) is 6.22. The fourth-order valence-electron chi connectivity index (χ4n) is 3.17. The Kier molecular flexibility index (Phi) is 7.67. The minimum absolute atomic E-state index is 0.128. The van der Waals surface area contributed by atoms with Gasteiger partial charge in [-0.25, -0.2) is 8.42 Å². The van der Waals surface area contributed by atoms with E-state index in [1.807, 2.05) is 57.2 Å². The summed E-state index contributed by atoms with van der Waals surface area (Å²) in [6.45, 7) is 6.08. The maximum atomic E-state index is 12.4. The normalized spacial score (nSPS) is 12.3. The maximum absolute atomic E-state index is 12.4. The van der Waals surface area contributed by atoms with Gasteiger partial charge >= 0.3 is 0 Å². The molecular weight excluding hydrogens is 388 g/mol. The average molecular weight is 419 g/mol. The van der Waals surface area contributed by atoms with Crippen molar-refractivity contribution in [1.29, 1.82) is 0 Å². The van der Waals surface area contributed by atoms with Crippen LogP contribution in [-0.2, 0) is 14.8 Å². The topological polar surface area (TPSA) is 75.7 Å². The molecule has 0 bridgehead atoms. The molecule has 0 fully saturated rings. The van der Waals surface area contributed by atoms with E-state index in [0.29, 0.717) is 12.1 Å². The zero-order valence-corrected chi connectivity index (χ0v) is 18.5. The highest BCUT2D eigenvalue weighted by Gasteiger charge is 2.19. The van der Waals surface area contributed by atoms with E-state index in [9.17, 15) is 13.2 Å². The largest absolute Gasteiger partial charge is 0.496 e. The monoisotopic (exact) mass is 418 g/mol. The van der Waals surface area contributed by atoms with Gasteiger partial charge in [0.2, 0.25) is 15.9 Å². The lowest BCUT2D eigenvalue weighted by molar-refractivity contribution is -0.121. The van der Waals surface area contributed by atoms with E-state index in [1.165, 1.54) is 10.6 Å². The molecule has 2 aromatic carbocycles. The van der Waals surface area contributed by atoms with Crippen LogP contribution in [0.3, 0.4) is 0 Å². The molecule has 2 aromatic rings. The molecule has 0 spiro atoms. The minimum Gasteiger partial charge on any atom is -0.496 e. The SMILES string of the molecule is COc1ccccc1C(C)NC(=O)CCCN(c1ccc(C)c(C)c1)S(C)(=O)=O. The number of hydrogen-bond donors (Lipinski definition) is 1. The van der Waals surface area contributed by atoms with Crippen LogP contribution in [0.2, 0.25) is 0 Å². The number of carbonyl (C=O) groups is 1. The molecule has 1 N–H and O–H groups in total. The van der Waals surface area contributed by atoms with Gasteiger partial charge in [0.15, 0.2) is 0 Å². The zero-order valence-electron chi connectivity index (χ0n) is 17.7. The molecule has 1 unspecified atom stereocenters. The number of benzene rings is 2. The second-order valence-corrected chi connectivity index (χ2v) is 9.15. The number of amides is 1. The molecule has 0 aliphatic heterocycles. The smallest absolute Gasteiger partial charge is 0.232 e. The highest BCUT2D eigenvalue weighted by molar-refractivity contribution is 7.92. The second-order valence-electron chi connectivity index (χ2n) is 7.24. The Labute approximate surface area is 173 Å². The number of anilines is 1. The summed E-state index contributed by atoms with van der Waals surface area (Å²) in [5.41, 5.74) is 3.65. The van der Waals surface area contributed by atoms with Crippen molar-refractivity contribution >= 4 is 21.6 Å². The van der Waals surface area contributed by atoms with Crippen LogP contribution < -0.4 is 14.4 Å². The third-order valence-electron chi connectivity index (χ3n) is 4.93. The lowest BCUT2D eigenvalue weighted by atomic mass is 10.1. The molecule has 29 heavy (non-hydrogen) atoms. The van der Waals surface area contributed by atoms with Gasteiger partial charge in [-0.3, -0.25) is 9.10 Å². The Morgan fingerprint density at radius 2 is 1.83 bits per heavy atom. The van der Waals surface area contributed by atoms with Crippen LogP contribution >= 0.6 is 0 Å². The predicted molar refractivity (Wildman–Crippen MR) is 117 cm³/mol. The van der Waals surface area contributed by atoms with Crippen molar-refractivity contribution in [2.45, 2.75) is 39.7 Å². The number of aryl methyl sites for hydroxylation is 2. The van der Waals surface area contributed by atoms with E-state index in [4.69, 9.17) is 4.74 Å². The van der Waals surface area contributed by atoms with Gasteiger partial charge in [0, 0.05) is 18.5 Å². The predicted octanol–water partition coefficient (Wildman–Crippen LogP) is 3.74. The summed E-state index contributed by atoms with van der Waals surface area (Å²) < 4.78 is 31.2. The van der Waals surface area contributed by atoms with E-state index in [1.54, 1.807) is 13.2 Å². The Morgan fingerprint density at radius 3 is 2.45 bits per heavy atom. The molecule has 0 aliphatic rings. The number of para-hydroxylation sites is 1. The van der Waals surface area contributed by atoms with Gasteiger partial charge in [0.1, 0.15) is 5.75 Å². The van der Waals surface area contributed by atoms with Crippen molar-refractivity contribution in [3.63, 3.8) is 0 Å².